The molecule has 0 unspecified atom stereocenters. The summed E-state index contributed by atoms with van der Waals surface area (Å²) in [5.41, 5.74) is 0. The molecule has 9 heavy (non-hydrogen) atoms. The minimum Gasteiger partial charge on any atom is -1.00 e. The summed E-state index contributed by atoms with van der Waals surface area (Å²) in [5, 5.41) is 2.59. The van der Waals surface area contributed by atoms with Crippen LogP contribution in [0.1, 0.15) is 2.85 Å². The maximum absolute atomic E-state index is 9.91. The molecule has 0 aliphatic carbocycles. The Morgan fingerprint density at radius 2 is 2.11 bits per heavy atom. The molecule has 0 amide bonds. The molecule has 0 aromatic rings. The first-order valence-corrected chi connectivity index (χ1v) is 3.77. The van der Waals surface area contributed by atoms with Crippen molar-refractivity contribution in [1.29, 1.82) is 0 Å². The zero-order valence-electron chi connectivity index (χ0n) is 7.29. The van der Waals surface area contributed by atoms with Gasteiger partial charge < -0.3 is 8.17 Å². The van der Waals surface area contributed by atoms with Crippen molar-refractivity contribution in [3.05, 3.63) is 0 Å². The van der Waals surface area contributed by atoms with Gasteiger partial charge in [0.25, 0.3) is 10.1 Å². The maximum atomic E-state index is 9.91. The van der Waals surface area contributed by atoms with E-state index < -0.39 is 10.1 Å². The Morgan fingerprint density at radius 3 is 2.22 bits per heavy atom. The van der Waals surface area contributed by atoms with Crippen LogP contribution in [0.4, 0.5) is 0 Å². The van der Waals surface area contributed by atoms with Gasteiger partial charge in [0.1, 0.15) is 0 Å². The van der Waals surface area contributed by atoms with Gasteiger partial charge in [0.2, 0.25) is 0 Å². The molecule has 6 heteroatoms. The van der Waals surface area contributed by atoms with E-state index in [0.717, 1.165) is 0 Å². The van der Waals surface area contributed by atoms with Crippen LogP contribution in [0.2, 0.25) is 0 Å². The minimum atomic E-state index is -3.75. The van der Waals surface area contributed by atoms with Crippen LogP contribution >= 0.6 is 0 Å². The standard InChI is InChI=1S/C3H9NO3S.Mg.2H/c1-4-2-3-8(5,6)7;;;/h4H,2-3H2,1H3,(H,5,6,7);;;/q;+2;2*-1. The van der Waals surface area contributed by atoms with Gasteiger partial charge in [-0.05, 0) is 7.05 Å². The molecule has 0 aromatic heterocycles. The molecule has 0 aliphatic rings. The Labute approximate surface area is 73.9 Å². The van der Waals surface area contributed by atoms with Gasteiger partial charge in [-0.2, -0.15) is 8.42 Å². The second-order valence-corrected chi connectivity index (χ2v) is 2.96. The van der Waals surface area contributed by atoms with Crippen molar-refractivity contribution in [2.24, 2.45) is 0 Å². The maximum Gasteiger partial charge on any atom is 2.00 e. The molecule has 0 aliphatic heterocycles. The van der Waals surface area contributed by atoms with E-state index in [4.69, 9.17) is 4.55 Å². The Kier molecular flexibility index (Phi) is 7.43. The molecule has 0 rings (SSSR count). The van der Waals surface area contributed by atoms with Gasteiger partial charge in [0.15, 0.2) is 0 Å². The molecule has 0 saturated carbocycles. The molecule has 0 spiro atoms. The van der Waals surface area contributed by atoms with E-state index in [0.29, 0.717) is 6.54 Å². The molecule has 2 N–H and O–H groups in total. The molecular weight excluding hydrogens is 154 g/mol. The van der Waals surface area contributed by atoms with Gasteiger partial charge >= 0.3 is 23.1 Å². The van der Waals surface area contributed by atoms with Crippen molar-refractivity contribution in [2.75, 3.05) is 19.3 Å². The van der Waals surface area contributed by atoms with Gasteiger partial charge in [-0.1, -0.05) is 0 Å². The Balaban J connectivity index is -0.0000000817. The largest absolute Gasteiger partial charge is 2.00 e. The van der Waals surface area contributed by atoms with Crippen molar-refractivity contribution in [1.82, 2.24) is 5.32 Å². The van der Waals surface area contributed by atoms with Crippen LogP contribution in [0.5, 0.6) is 0 Å². The minimum absolute atomic E-state index is 0. The van der Waals surface area contributed by atoms with E-state index >= 15 is 0 Å². The molecule has 0 radical (unpaired) electrons. The van der Waals surface area contributed by atoms with Crippen LogP contribution in [0.25, 0.3) is 0 Å². The Hall–Kier alpha value is 0.636. The van der Waals surface area contributed by atoms with Gasteiger partial charge in [0.05, 0.1) is 5.75 Å². The van der Waals surface area contributed by atoms with E-state index in [-0.39, 0.29) is 31.7 Å². The number of hydrogen-bond donors (Lipinski definition) is 2. The van der Waals surface area contributed by atoms with E-state index in [9.17, 15) is 8.42 Å². The Bertz CT molecular complexity index is 151. The summed E-state index contributed by atoms with van der Waals surface area (Å²) < 4.78 is 27.9. The predicted molar refractivity (Wildman–Crippen MR) is 38.3 cm³/mol. The summed E-state index contributed by atoms with van der Waals surface area (Å²) in [5.74, 6) is -0.219. The summed E-state index contributed by atoms with van der Waals surface area (Å²) in [6, 6.07) is 0. The number of nitrogens with one attached hydrogen (secondary N) is 1. The number of hydrogen-bond acceptors (Lipinski definition) is 3. The third kappa shape index (κ3) is 12.0. The second kappa shape index (κ2) is 5.42. The molecule has 0 saturated heterocycles. The van der Waals surface area contributed by atoms with Crippen molar-refractivity contribution < 1.29 is 15.8 Å². The molecule has 0 fully saturated rings. The molecule has 0 heterocycles. The topological polar surface area (TPSA) is 66.4 Å². The fraction of sp³-hybridized carbons (Fsp3) is 1.00. The molecular formula is C3H11MgNO3S. The summed E-state index contributed by atoms with van der Waals surface area (Å²) in [6.07, 6.45) is 0. The first-order valence-electron chi connectivity index (χ1n) is 2.16. The smallest absolute Gasteiger partial charge is 1.00 e. The van der Waals surface area contributed by atoms with Gasteiger partial charge in [-0.15, -0.1) is 0 Å². The quantitative estimate of drug-likeness (QED) is 0.413. The van der Waals surface area contributed by atoms with Gasteiger partial charge in [0, 0.05) is 6.54 Å². The zero-order valence-corrected chi connectivity index (χ0v) is 7.52. The second-order valence-electron chi connectivity index (χ2n) is 1.39. The molecule has 0 bridgehead atoms. The summed E-state index contributed by atoms with van der Waals surface area (Å²) >= 11 is 0. The third-order valence-electron chi connectivity index (χ3n) is 0.610. The summed E-state index contributed by atoms with van der Waals surface area (Å²) in [6.45, 7) is 0.291. The van der Waals surface area contributed by atoms with E-state index in [1.54, 1.807) is 7.05 Å². The van der Waals surface area contributed by atoms with Crippen LogP contribution in [-0.4, -0.2) is 55.4 Å². The number of rotatable bonds is 3. The summed E-state index contributed by atoms with van der Waals surface area (Å²) in [4.78, 5) is 0. The monoisotopic (exact) mass is 165 g/mol. The third-order valence-corrected chi connectivity index (χ3v) is 1.33. The van der Waals surface area contributed by atoms with Crippen molar-refractivity contribution in [2.45, 2.75) is 0 Å². The van der Waals surface area contributed by atoms with Crippen molar-refractivity contribution in [3.8, 4) is 0 Å². The SMILES string of the molecule is CNCCS(=O)(=O)O.[H-].[H-].[Mg+2]. The van der Waals surface area contributed by atoms with E-state index in [1.807, 2.05) is 0 Å². The van der Waals surface area contributed by atoms with Crippen LogP contribution < -0.4 is 5.32 Å². The summed E-state index contributed by atoms with van der Waals surface area (Å²) in [7, 11) is -2.13. The van der Waals surface area contributed by atoms with Gasteiger partial charge in [-0.3, -0.25) is 4.55 Å². The average Bonchev–Trinajstić information content (AvgIpc) is 1.59. The van der Waals surface area contributed by atoms with Crippen molar-refractivity contribution >= 4 is 33.2 Å². The predicted octanol–water partition coefficient (Wildman–Crippen LogP) is -1.06. The Morgan fingerprint density at radius 1 is 1.67 bits per heavy atom. The van der Waals surface area contributed by atoms with E-state index in [2.05, 4.69) is 5.32 Å². The average molecular weight is 165 g/mol. The van der Waals surface area contributed by atoms with Gasteiger partial charge in [-0.25, -0.2) is 0 Å². The first kappa shape index (κ1) is 12.3. The molecule has 0 aromatic carbocycles. The van der Waals surface area contributed by atoms with Crippen LogP contribution in [0.3, 0.4) is 0 Å². The molecule has 4 nitrogen and oxygen atoms in total. The van der Waals surface area contributed by atoms with E-state index in [1.165, 1.54) is 0 Å². The molecule has 54 valence electrons. The fourth-order valence-corrected chi connectivity index (χ4v) is 0.693. The molecule has 0 atom stereocenters. The van der Waals surface area contributed by atoms with Crippen LogP contribution in [0.15, 0.2) is 0 Å². The van der Waals surface area contributed by atoms with Crippen LogP contribution in [0, 0.1) is 0 Å². The van der Waals surface area contributed by atoms with Crippen LogP contribution in [-0.2, 0) is 10.1 Å². The van der Waals surface area contributed by atoms with Crippen molar-refractivity contribution in [3.63, 3.8) is 0 Å². The normalized spacial score (nSPS) is 10.4. The zero-order chi connectivity index (χ0) is 6.62. The first-order chi connectivity index (χ1) is 3.56. The fourth-order valence-electron chi connectivity index (χ4n) is 0.231.